The summed E-state index contributed by atoms with van der Waals surface area (Å²) in [6.07, 6.45) is 3.41. The quantitative estimate of drug-likeness (QED) is 0.795. The van der Waals surface area contributed by atoms with E-state index in [0.717, 1.165) is 42.6 Å². The Balaban J connectivity index is 2.12. The van der Waals surface area contributed by atoms with Crippen molar-refractivity contribution in [3.63, 3.8) is 0 Å². The van der Waals surface area contributed by atoms with Crippen molar-refractivity contribution in [2.45, 2.75) is 40.0 Å². The molecule has 1 fully saturated rings. The molecule has 0 aromatic heterocycles. The number of anilines is 1. The SMILES string of the molecule is Cc1cc(C)c(-c2c(N3CCCCC3)c(=O)c2=O)cc1C. The maximum Gasteiger partial charge on any atom is 0.250 e. The third-order valence-electron chi connectivity index (χ3n) is 4.67. The molecule has 1 heterocycles. The number of hydrogen-bond acceptors (Lipinski definition) is 3. The van der Waals surface area contributed by atoms with Gasteiger partial charge in [-0.1, -0.05) is 12.1 Å². The second-order valence-corrected chi connectivity index (χ2v) is 6.18. The molecule has 0 unspecified atom stereocenters. The second kappa shape index (κ2) is 5.14. The highest BCUT2D eigenvalue weighted by Gasteiger charge is 2.28. The van der Waals surface area contributed by atoms with Crippen molar-refractivity contribution in [2.24, 2.45) is 0 Å². The number of benzene rings is 1. The summed E-state index contributed by atoms with van der Waals surface area (Å²) in [7, 11) is 0. The standard InChI is InChI=1S/C18H21NO2/c1-11-9-13(3)14(10-12(11)2)15-16(18(21)17(15)20)19-7-5-4-6-8-19/h9-10H,4-8H2,1-3H3. The Kier molecular flexibility index (Phi) is 3.44. The average Bonchev–Trinajstić information content (AvgIpc) is 2.49. The van der Waals surface area contributed by atoms with Crippen LogP contribution in [0, 0.1) is 20.8 Å². The van der Waals surface area contributed by atoms with Crippen molar-refractivity contribution >= 4 is 5.69 Å². The molecule has 1 aliphatic rings. The molecule has 0 radical (unpaired) electrons. The van der Waals surface area contributed by atoms with Gasteiger partial charge in [0, 0.05) is 13.1 Å². The van der Waals surface area contributed by atoms with Gasteiger partial charge in [0.1, 0.15) is 5.69 Å². The van der Waals surface area contributed by atoms with Gasteiger partial charge in [0.05, 0.1) is 5.56 Å². The summed E-state index contributed by atoms with van der Waals surface area (Å²) >= 11 is 0. The lowest BCUT2D eigenvalue weighted by Gasteiger charge is -2.31. The van der Waals surface area contributed by atoms with E-state index in [1.807, 2.05) is 19.9 Å². The van der Waals surface area contributed by atoms with Gasteiger partial charge in [-0.15, -0.1) is 0 Å². The van der Waals surface area contributed by atoms with Crippen LogP contribution in [0.1, 0.15) is 36.0 Å². The molecule has 0 atom stereocenters. The molecule has 21 heavy (non-hydrogen) atoms. The van der Waals surface area contributed by atoms with Gasteiger partial charge < -0.3 is 4.90 Å². The summed E-state index contributed by atoms with van der Waals surface area (Å²) in [5.74, 6) is 0. The van der Waals surface area contributed by atoms with Gasteiger partial charge in [-0.25, -0.2) is 0 Å². The van der Waals surface area contributed by atoms with Gasteiger partial charge in [-0.3, -0.25) is 9.59 Å². The van der Waals surface area contributed by atoms with E-state index in [1.54, 1.807) is 0 Å². The molecule has 3 nitrogen and oxygen atoms in total. The molecule has 2 aromatic carbocycles. The van der Waals surface area contributed by atoms with Crippen molar-refractivity contribution < 1.29 is 0 Å². The van der Waals surface area contributed by atoms with Gasteiger partial charge in [-0.05, 0) is 62.3 Å². The van der Waals surface area contributed by atoms with Gasteiger partial charge >= 0.3 is 0 Å². The zero-order chi connectivity index (χ0) is 15.1. The van der Waals surface area contributed by atoms with Crippen LogP contribution < -0.4 is 15.8 Å². The largest absolute Gasteiger partial charge is 0.368 e. The number of nitrogens with zero attached hydrogens (tertiary/aromatic N) is 1. The predicted octanol–water partition coefficient (Wildman–Crippen LogP) is 2.87. The van der Waals surface area contributed by atoms with E-state index >= 15 is 0 Å². The first-order chi connectivity index (χ1) is 10.0. The van der Waals surface area contributed by atoms with Gasteiger partial charge in [-0.2, -0.15) is 0 Å². The van der Waals surface area contributed by atoms with Crippen LogP contribution in [0.15, 0.2) is 21.7 Å². The molecular formula is C18H21NO2. The van der Waals surface area contributed by atoms with Gasteiger partial charge in [0.25, 0.3) is 0 Å². The van der Waals surface area contributed by atoms with Crippen LogP contribution >= 0.6 is 0 Å². The van der Waals surface area contributed by atoms with Crippen LogP contribution in [0.3, 0.4) is 0 Å². The first-order valence-electron chi connectivity index (χ1n) is 7.67. The topological polar surface area (TPSA) is 37.4 Å². The van der Waals surface area contributed by atoms with Gasteiger partial charge in [0.15, 0.2) is 0 Å². The van der Waals surface area contributed by atoms with Crippen molar-refractivity contribution in [1.82, 2.24) is 0 Å². The van der Waals surface area contributed by atoms with E-state index in [0.29, 0.717) is 11.3 Å². The van der Waals surface area contributed by atoms with E-state index < -0.39 is 0 Å². The van der Waals surface area contributed by atoms with E-state index in [1.165, 1.54) is 12.0 Å². The minimum Gasteiger partial charge on any atom is -0.368 e. The molecule has 1 saturated heterocycles. The lowest BCUT2D eigenvalue weighted by Crippen LogP contribution is -2.44. The molecule has 0 bridgehead atoms. The van der Waals surface area contributed by atoms with Crippen molar-refractivity contribution in [3.05, 3.63) is 49.3 Å². The fourth-order valence-electron chi connectivity index (χ4n) is 3.28. The van der Waals surface area contributed by atoms with E-state index in [2.05, 4.69) is 17.9 Å². The molecule has 2 aromatic rings. The molecule has 0 spiro atoms. The number of piperidine rings is 1. The van der Waals surface area contributed by atoms with Crippen molar-refractivity contribution in [2.75, 3.05) is 18.0 Å². The summed E-state index contributed by atoms with van der Waals surface area (Å²) in [5.41, 5.74) is 5.06. The number of rotatable bonds is 2. The Hall–Kier alpha value is -1.90. The molecule has 1 aliphatic heterocycles. The predicted molar refractivity (Wildman–Crippen MR) is 87.1 cm³/mol. The third-order valence-corrected chi connectivity index (χ3v) is 4.67. The minimum absolute atomic E-state index is 0.301. The normalized spacial score (nSPS) is 15.7. The van der Waals surface area contributed by atoms with E-state index in [9.17, 15) is 9.59 Å². The van der Waals surface area contributed by atoms with Crippen LogP contribution in [-0.2, 0) is 0 Å². The smallest absolute Gasteiger partial charge is 0.250 e. The summed E-state index contributed by atoms with van der Waals surface area (Å²) in [5, 5.41) is 0. The molecular weight excluding hydrogens is 262 g/mol. The van der Waals surface area contributed by atoms with Crippen LogP contribution in [0.2, 0.25) is 0 Å². The second-order valence-electron chi connectivity index (χ2n) is 6.18. The Labute approximate surface area is 124 Å². The molecule has 110 valence electrons. The first kappa shape index (κ1) is 14.1. The van der Waals surface area contributed by atoms with Gasteiger partial charge in [0.2, 0.25) is 10.9 Å². The first-order valence-corrected chi connectivity index (χ1v) is 7.67. The minimum atomic E-state index is -0.318. The fraction of sp³-hybridized carbons (Fsp3) is 0.444. The Morgan fingerprint density at radius 1 is 0.810 bits per heavy atom. The zero-order valence-corrected chi connectivity index (χ0v) is 13.0. The summed E-state index contributed by atoms with van der Waals surface area (Å²) in [6, 6.07) is 4.15. The van der Waals surface area contributed by atoms with E-state index in [4.69, 9.17) is 0 Å². The lowest BCUT2D eigenvalue weighted by molar-refractivity contribution is 0.576. The monoisotopic (exact) mass is 283 g/mol. The molecule has 3 rings (SSSR count). The Morgan fingerprint density at radius 3 is 2.10 bits per heavy atom. The molecule has 3 heteroatoms. The Bertz CT molecular complexity index is 760. The van der Waals surface area contributed by atoms with Crippen molar-refractivity contribution in [1.29, 1.82) is 0 Å². The van der Waals surface area contributed by atoms with Crippen LogP contribution in [0.4, 0.5) is 5.69 Å². The van der Waals surface area contributed by atoms with Crippen LogP contribution in [0.5, 0.6) is 0 Å². The summed E-state index contributed by atoms with van der Waals surface area (Å²) in [6.45, 7) is 7.91. The highest BCUT2D eigenvalue weighted by molar-refractivity contribution is 5.84. The highest BCUT2D eigenvalue weighted by atomic mass is 16.2. The summed E-state index contributed by atoms with van der Waals surface area (Å²) < 4.78 is 0. The highest BCUT2D eigenvalue weighted by Crippen LogP contribution is 2.32. The maximum absolute atomic E-state index is 12.1. The number of aryl methyl sites for hydroxylation is 3. The summed E-state index contributed by atoms with van der Waals surface area (Å²) in [4.78, 5) is 26.3. The fourth-order valence-corrected chi connectivity index (χ4v) is 3.28. The Morgan fingerprint density at radius 2 is 1.43 bits per heavy atom. The molecule has 0 amide bonds. The number of hydrogen-bond donors (Lipinski definition) is 0. The average molecular weight is 283 g/mol. The van der Waals surface area contributed by atoms with E-state index in [-0.39, 0.29) is 10.9 Å². The molecule has 0 saturated carbocycles. The van der Waals surface area contributed by atoms with Crippen molar-refractivity contribution in [3.8, 4) is 11.1 Å². The molecule has 0 N–H and O–H groups in total. The maximum atomic E-state index is 12.1. The van der Waals surface area contributed by atoms with Crippen LogP contribution in [-0.4, -0.2) is 13.1 Å². The zero-order valence-electron chi connectivity index (χ0n) is 13.0. The third kappa shape index (κ3) is 2.21. The van der Waals surface area contributed by atoms with Crippen LogP contribution in [0.25, 0.3) is 11.1 Å². The lowest BCUT2D eigenvalue weighted by atomic mass is 9.90. The molecule has 0 aliphatic carbocycles.